The summed E-state index contributed by atoms with van der Waals surface area (Å²) >= 11 is 0. The van der Waals surface area contributed by atoms with Crippen LogP contribution < -0.4 is 5.32 Å². The molecule has 0 saturated carbocycles. The third-order valence-electron chi connectivity index (χ3n) is 15.0. The van der Waals surface area contributed by atoms with Gasteiger partial charge in [-0.05, 0) is 57.8 Å². The van der Waals surface area contributed by atoms with Crippen LogP contribution in [0.15, 0.2) is 36.5 Å². The maximum Gasteiger partial charge on any atom is 0.306 e. The molecule has 0 bridgehead atoms. The number of carbonyl (C=O) groups excluding carboxylic acids is 2. The number of carbonyl (C=O) groups is 2. The molecule has 1 aliphatic heterocycles. The fourth-order valence-corrected chi connectivity index (χ4v) is 9.98. The van der Waals surface area contributed by atoms with E-state index in [1.54, 1.807) is 6.08 Å². The molecule has 1 heterocycles. The smallest absolute Gasteiger partial charge is 0.306 e. The zero-order chi connectivity index (χ0) is 54.7. The van der Waals surface area contributed by atoms with Crippen LogP contribution in [-0.2, 0) is 23.8 Å². The van der Waals surface area contributed by atoms with E-state index in [1.807, 2.05) is 6.08 Å². The van der Waals surface area contributed by atoms with Crippen molar-refractivity contribution < 1.29 is 49.3 Å². The first-order valence-electron chi connectivity index (χ1n) is 31.8. The quantitative estimate of drug-likeness (QED) is 0.0195. The number of hydrogen-bond acceptors (Lipinski definition) is 10. The SMILES string of the molecule is CCCCC/C=C\C/C=C\CCCCCCCCCCCC(=O)OC1C(OCC(NC(=O)C(O)CCCCCCCCCCCCCCCCCC)C(O)/C=C/CCCCCCCCCCC)OC(CO)C(O)C1O. The summed E-state index contributed by atoms with van der Waals surface area (Å²) in [5, 5.41) is 57.0. The molecule has 8 unspecified atom stereocenters. The lowest BCUT2D eigenvalue weighted by molar-refractivity contribution is -0.305. The molecule has 1 aliphatic rings. The van der Waals surface area contributed by atoms with Crippen molar-refractivity contribution in [3.63, 3.8) is 0 Å². The van der Waals surface area contributed by atoms with Gasteiger partial charge in [0.15, 0.2) is 12.4 Å². The highest BCUT2D eigenvalue weighted by Gasteiger charge is 2.47. The largest absolute Gasteiger partial charge is 0.454 e. The summed E-state index contributed by atoms with van der Waals surface area (Å²) in [7, 11) is 0. The summed E-state index contributed by atoms with van der Waals surface area (Å²) in [5.41, 5.74) is 0. The minimum absolute atomic E-state index is 0.121. The summed E-state index contributed by atoms with van der Waals surface area (Å²) in [6, 6.07) is -1.02. The van der Waals surface area contributed by atoms with E-state index in [1.165, 1.54) is 180 Å². The molecule has 8 atom stereocenters. The Kier molecular flexibility index (Phi) is 49.7. The first-order chi connectivity index (χ1) is 36.7. The third kappa shape index (κ3) is 40.7. The van der Waals surface area contributed by atoms with Crippen LogP contribution in [-0.4, -0.2) is 99.6 Å². The molecule has 1 amide bonds. The first kappa shape index (κ1) is 70.9. The molecule has 11 heteroatoms. The Morgan fingerprint density at radius 3 is 1.39 bits per heavy atom. The number of unbranched alkanes of at least 4 members (excludes halogenated alkanes) is 36. The van der Waals surface area contributed by atoms with Crippen LogP contribution in [0.4, 0.5) is 0 Å². The van der Waals surface area contributed by atoms with Crippen LogP contribution in [0.5, 0.6) is 0 Å². The van der Waals surface area contributed by atoms with Crippen molar-refractivity contribution in [2.75, 3.05) is 13.2 Å². The van der Waals surface area contributed by atoms with Crippen molar-refractivity contribution in [2.24, 2.45) is 0 Å². The van der Waals surface area contributed by atoms with Crippen LogP contribution in [0.1, 0.15) is 297 Å². The van der Waals surface area contributed by atoms with E-state index in [2.05, 4.69) is 50.4 Å². The van der Waals surface area contributed by atoms with Crippen molar-refractivity contribution in [1.82, 2.24) is 5.32 Å². The first-order valence-corrected chi connectivity index (χ1v) is 31.8. The Morgan fingerprint density at radius 2 is 0.920 bits per heavy atom. The molecule has 75 heavy (non-hydrogen) atoms. The molecular formula is C64H119NO10. The van der Waals surface area contributed by atoms with E-state index in [-0.39, 0.29) is 13.0 Å². The number of esters is 1. The summed E-state index contributed by atoms with van der Waals surface area (Å²) in [6.45, 7) is 5.78. The normalized spacial score (nSPS) is 19.4. The topological polar surface area (TPSA) is 175 Å². The van der Waals surface area contributed by atoms with Gasteiger partial charge in [-0.25, -0.2) is 0 Å². The molecule has 0 aliphatic carbocycles. The van der Waals surface area contributed by atoms with Crippen LogP contribution in [0, 0.1) is 0 Å². The van der Waals surface area contributed by atoms with E-state index in [4.69, 9.17) is 14.2 Å². The maximum absolute atomic E-state index is 13.4. The molecule has 11 nitrogen and oxygen atoms in total. The number of rotatable bonds is 54. The maximum atomic E-state index is 13.4. The lowest BCUT2D eigenvalue weighted by atomic mass is 9.99. The van der Waals surface area contributed by atoms with Crippen LogP contribution >= 0.6 is 0 Å². The molecule has 1 rings (SSSR count). The molecule has 0 aromatic carbocycles. The Balaban J connectivity index is 2.64. The summed E-state index contributed by atoms with van der Waals surface area (Å²) < 4.78 is 17.6. The summed E-state index contributed by atoms with van der Waals surface area (Å²) in [5.74, 6) is -1.19. The van der Waals surface area contributed by atoms with E-state index >= 15 is 0 Å². The second kappa shape index (κ2) is 52.6. The van der Waals surface area contributed by atoms with Gasteiger partial charge in [0.2, 0.25) is 5.91 Å². The summed E-state index contributed by atoms with van der Waals surface area (Å²) in [4.78, 5) is 26.5. The number of ether oxygens (including phenoxy) is 3. The second-order valence-electron chi connectivity index (χ2n) is 22.1. The van der Waals surface area contributed by atoms with E-state index in [9.17, 15) is 35.1 Å². The minimum atomic E-state index is -1.61. The van der Waals surface area contributed by atoms with Gasteiger partial charge >= 0.3 is 5.97 Å². The van der Waals surface area contributed by atoms with E-state index in [0.717, 1.165) is 70.6 Å². The highest BCUT2D eigenvalue weighted by molar-refractivity contribution is 5.80. The lowest BCUT2D eigenvalue weighted by Gasteiger charge is -2.41. The molecule has 1 fully saturated rings. The van der Waals surface area contributed by atoms with Crippen molar-refractivity contribution in [1.29, 1.82) is 0 Å². The highest BCUT2D eigenvalue weighted by Crippen LogP contribution is 2.26. The second-order valence-corrected chi connectivity index (χ2v) is 22.1. The van der Waals surface area contributed by atoms with E-state index in [0.29, 0.717) is 19.3 Å². The van der Waals surface area contributed by atoms with Crippen LogP contribution in [0.2, 0.25) is 0 Å². The van der Waals surface area contributed by atoms with Gasteiger partial charge in [-0.15, -0.1) is 0 Å². The minimum Gasteiger partial charge on any atom is -0.454 e. The fraction of sp³-hybridized carbons (Fsp3) is 0.875. The monoisotopic (exact) mass is 1060 g/mol. The molecule has 0 spiro atoms. The molecule has 0 aromatic heterocycles. The van der Waals surface area contributed by atoms with E-state index < -0.39 is 67.4 Å². The van der Waals surface area contributed by atoms with Gasteiger partial charge in [-0.3, -0.25) is 9.59 Å². The number of aliphatic hydroxyl groups excluding tert-OH is 5. The Morgan fingerprint density at radius 1 is 0.520 bits per heavy atom. The van der Waals surface area contributed by atoms with Crippen molar-refractivity contribution in [3.05, 3.63) is 36.5 Å². The fourth-order valence-electron chi connectivity index (χ4n) is 9.98. The zero-order valence-electron chi connectivity index (χ0n) is 48.7. The number of amides is 1. The Hall–Kier alpha value is -2.12. The van der Waals surface area contributed by atoms with Gasteiger partial charge in [-0.2, -0.15) is 0 Å². The number of hydrogen-bond donors (Lipinski definition) is 6. The van der Waals surface area contributed by atoms with Crippen molar-refractivity contribution >= 4 is 11.9 Å². The molecule has 1 saturated heterocycles. The molecule has 0 radical (unpaired) electrons. The average molecular weight is 1060 g/mol. The Bertz CT molecular complexity index is 1360. The number of allylic oxidation sites excluding steroid dienone is 5. The van der Waals surface area contributed by atoms with Crippen LogP contribution in [0.25, 0.3) is 0 Å². The molecule has 0 aromatic rings. The third-order valence-corrected chi connectivity index (χ3v) is 15.0. The van der Waals surface area contributed by atoms with Crippen LogP contribution in [0.3, 0.4) is 0 Å². The Labute approximate surface area is 460 Å². The zero-order valence-corrected chi connectivity index (χ0v) is 48.7. The van der Waals surface area contributed by atoms with Gasteiger partial charge in [0.1, 0.15) is 24.4 Å². The van der Waals surface area contributed by atoms with Gasteiger partial charge in [0.05, 0.1) is 25.4 Å². The standard InChI is InChI=1S/C64H119NO10/c1-4-7-10-13-16-19-22-24-26-28-29-30-32-34-37-40-43-46-49-52-59(69)75-62-61(71)60(70)58(53-66)74-64(62)73-54-55(56(67)50-47-44-41-38-35-21-18-15-12-9-6-3)65-63(72)57(68)51-48-45-42-39-36-33-31-27-25-23-20-17-14-11-8-5-2/h16,19,24,26,47,50,55-58,60-62,64,66-68,70-71H,4-15,17-18,20-23,25,27-46,48-49,51-54H2,1-3H3,(H,65,72)/b19-16-,26-24-,50-47+. The lowest BCUT2D eigenvalue weighted by Crippen LogP contribution is -2.61. The van der Waals surface area contributed by atoms with Crippen molar-refractivity contribution in [3.8, 4) is 0 Å². The molecule has 440 valence electrons. The van der Waals surface area contributed by atoms with Gasteiger partial charge < -0.3 is 45.1 Å². The van der Waals surface area contributed by atoms with Gasteiger partial charge in [0.25, 0.3) is 0 Å². The summed E-state index contributed by atoms with van der Waals surface area (Å²) in [6.07, 6.45) is 51.8. The predicted octanol–water partition coefficient (Wildman–Crippen LogP) is 15.1. The van der Waals surface area contributed by atoms with Gasteiger partial charge in [-0.1, -0.05) is 269 Å². The molecular weight excluding hydrogens is 943 g/mol. The van der Waals surface area contributed by atoms with Gasteiger partial charge in [0, 0.05) is 6.42 Å². The highest BCUT2D eigenvalue weighted by atomic mass is 16.7. The van der Waals surface area contributed by atoms with Crippen molar-refractivity contribution in [2.45, 2.75) is 346 Å². The number of nitrogens with one attached hydrogen (secondary N) is 1. The average Bonchev–Trinajstić information content (AvgIpc) is 3.41. The number of aliphatic hydroxyl groups is 5. The molecule has 6 N–H and O–H groups in total. The predicted molar refractivity (Wildman–Crippen MR) is 311 cm³/mol.